The van der Waals surface area contributed by atoms with E-state index in [1.54, 1.807) is 24.3 Å². The van der Waals surface area contributed by atoms with Gasteiger partial charge < -0.3 is 19.1 Å². The summed E-state index contributed by atoms with van der Waals surface area (Å²) in [5, 5.41) is 19.2. The largest absolute Gasteiger partial charge is 0.544 e. The van der Waals surface area contributed by atoms with Gasteiger partial charge in [0.25, 0.3) is 5.22 Å². The van der Waals surface area contributed by atoms with Gasteiger partial charge in [-0.05, 0) is 36.0 Å². The predicted molar refractivity (Wildman–Crippen MR) is 92.4 cm³/mol. The summed E-state index contributed by atoms with van der Waals surface area (Å²) in [6, 6.07) is 5.28. The molecular weight excluding hydrogens is 396 g/mol. The van der Waals surface area contributed by atoms with Crippen molar-refractivity contribution in [1.29, 1.82) is 0 Å². The standard InChI is InChI=1S/C16H15BrN2O4S/c1-3-7-22-12-6-5-11(17)8-10(12)9-13(15(20)21)24-16-19-18-14(4-2)23-16/h3,5-6,8-9H,1,4,7H2,2H3,(H,20,21)/p-1/b13-9-. The summed E-state index contributed by atoms with van der Waals surface area (Å²) in [6.45, 7) is 5.76. The molecule has 0 N–H and O–H groups in total. The summed E-state index contributed by atoms with van der Waals surface area (Å²) < 4.78 is 11.6. The van der Waals surface area contributed by atoms with Gasteiger partial charge in [0.2, 0.25) is 5.89 Å². The number of benzene rings is 1. The van der Waals surface area contributed by atoms with E-state index in [-0.39, 0.29) is 10.1 Å². The van der Waals surface area contributed by atoms with Crippen molar-refractivity contribution in [3.8, 4) is 5.75 Å². The number of aliphatic carboxylic acids is 1. The molecule has 0 atom stereocenters. The van der Waals surface area contributed by atoms with Gasteiger partial charge in [0.1, 0.15) is 12.4 Å². The van der Waals surface area contributed by atoms with Gasteiger partial charge in [-0.25, -0.2) is 0 Å². The second-order valence-electron chi connectivity index (χ2n) is 4.50. The van der Waals surface area contributed by atoms with Gasteiger partial charge in [0, 0.05) is 21.4 Å². The first-order valence-corrected chi connectivity index (χ1v) is 8.61. The molecule has 0 fully saturated rings. The van der Waals surface area contributed by atoms with Crippen molar-refractivity contribution < 1.29 is 19.1 Å². The van der Waals surface area contributed by atoms with Gasteiger partial charge >= 0.3 is 0 Å². The summed E-state index contributed by atoms with van der Waals surface area (Å²) in [6.07, 6.45) is 3.62. The van der Waals surface area contributed by atoms with Crippen LogP contribution in [0.3, 0.4) is 0 Å². The lowest BCUT2D eigenvalue weighted by Gasteiger charge is -2.10. The normalized spacial score (nSPS) is 11.3. The third-order valence-electron chi connectivity index (χ3n) is 2.76. The molecule has 8 heteroatoms. The first-order valence-electron chi connectivity index (χ1n) is 7.00. The van der Waals surface area contributed by atoms with Crippen LogP contribution in [0, 0.1) is 0 Å². The SMILES string of the molecule is C=CCOc1ccc(Br)cc1/C=C(\Sc1nnc(CC)o1)C(=O)[O-]. The van der Waals surface area contributed by atoms with Crippen molar-refractivity contribution >= 4 is 39.7 Å². The highest BCUT2D eigenvalue weighted by atomic mass is 79.9. The summed E-state index contributed by atoms with van der Waals surface area (Å²) in [5.74, 6) is -0.379. The van der Waals surface area contributed by atoms with Crippen LogP contribution in [0.15, 0.2) is 49.9 Å². The number of hydrogen-bond acceptors (Lipinski definition) is 7. The number of aromatic nitrogens is 2. The van der Waals surface area contributed by atoms with E-state index in [0.29, 0.717) is 30.2 Å². The number of ether oxygens (including phenoxy) is 1. The molecule has 0 aliphatic carbocycles. The summed E-state index contributed by atoms with van der Waals surface area (Å²) in [4.78, 5) is 11.4. The second kappa shape index (κ2) is 8.70. The zero-order valence-electron chi connectivity index (χ0n) is 12.8. The minimum Gasteiger partial charge on any atom is -0.544 e. The maximum Gasteiger partial charge on any atom is 0.281 e. The molecule has 1 aromatic carbocycles. The summed E-state index contributed by atoms with van der Waals surface area (Å²) in [7, 11) is 0. The van der Waals surface area contributed by atoms with Crippen LogP contribution in [-0.4, -0.2) is 22.8 Å². The number of carboxylic acids is 1. The Kier molecular flexibility index (Phi) is 6.62. The lowest BCUT2D eigenvalue weighted by Crippen LogP contribution is -2.23. The number of rotatable bonds is 8. The molecule has 0 aliphatic rings. The minimum atomic E-state index is -1.34. The van der Waals surface area contributed by atoms with Crippen molar-refractivity contribution in [3.63, 3.8) is 0 Å². The number of carbonyl (C=O) groups is 1. The van der Waals surface area contributed by atoms with Crippen molar-refractivity contribution in [2.45, 2.75) is 18.6 Å². The molecule has 6 nitrogen and oxygen atoms in total. The molecule has 24 heavy (non-hydrogen) atoms. The molecule has 0 radical (unpaired) electrons. The lowest BCUT2D eigenvalue weighted by atomic mass is 10.2. The summed E-state index contributed by atoms with van der Waals surface area (Å²) >= 11 is 4.19. The number of halogens is 1. The molecule has 0 spiro atoms. The molecule has 0 unspecified atom stereocenters. The molecule has 2 aromatic rings. The van der Waals surface area contributed by atoms with E-state index in [1.165, 1.54) is 6.08 Å². The predicted octanol–water partition coefficient (Wildman–Crippen LogP) is 2.84. The first kappa shape index (κ1) is 18.3. The molecule has 1 aromatic heterocycles. The number of thioether (sulfide) groups is 1. The number of carboxylic acid groups (broad SMARTS) is 1. The maximum absolute atomic E-state index is 11.4. The summed E-state index contributed by atoms with van der Waals surface area (Å²) in [5.41, 5.74) is 0.577. The van der Waals surface area contributed by atoms with E-state index in [0.717, 1.165) is 16.2 Å². The van der Waals surface area contributed by atoms with Gasteiger partial charge in [0.15, 0.2) is 0 Å². The Morgan fingerprint density at radius 1 is 1.50 bits per heavy atom. The second-order valence-corrected chi connectivity index (χ2v) is 6.40. The van der Waals surface area contributed by atoms with Crippen molar-refractivity contribution in [3.05, 3.63) is 51.7 Å². The highest BCUT2D eigenvalue weighted by molar-refractivity contribution is 9.10. The fourth-order valence-corrected chi connectivity index (χ4v) is 2.76. The third-order valence-corrected chi connectivity index (χ3v) is 4.10. The van der Waals surface area contributed by atoms with E-state index in [4.69, 9.17) is 9.15 Å². The number of hydrogen-bond donors (Lipinski definition) is 0. The van der Waals surface area contributed by atoms with Gasteiger partial charge in [-0.1, -0.05) is 35.5 Å². The van der Waals surface area contributed by atoms with Crippen LogP contribution in [0.5, 0.6) is 5.75 Å². The van der Waals surface area contributed by atoms with Gasteiger partial charge in [-0.2, -0.15) is 0 Å². The van der Waals surface area contributed by atoms with E-state index >= 15 is 0 Å². The number of carbonyl (C=O) groups excluding carboxylic acids is 1. The minimum absolute atomic E-state index is 0.0668. The highest BCUT2D eigenvalue weighted by Gasteiger charge is 2.11. The first-order chi connectivity index (χ1) is 11.5. The van der Waals surface area contributed by atoms with Crippen molar-refractivity contribution in [1.82, 2.24) is 10.2 Å². The molecule has 1 heterocycles. The van der Waals surface area contributed by atoms with Crippen LogP contribution in [0.4, 0.5) is 0 Å². The van der Waals surface area contributed by atoms with E-state index in [2.05, 4.69) is 32.7 Å². The smallest absolute Gasteiger partial charge is 0.281 e. The van der Waals surface area contributed by atoms with Crippen molar-refractivity contribution in [2.24, 2.45) is 0 Å². The lowest BCUT2D eigenvalue weighted by molar-refractivity contribution is -0.298. The molecular formula is C16H14BrN2O4S-. The molecule has 0 bridgehead atoms. The van der Waals surface area contributed by atoms with Gasteiger partial charge in [0.05, 0.1) is 5.97 Å². The Hall–Kier alpha value is -2.06. The van der Waals surface area contributed by atoms with Crippen LogP contribution in [0.25, 0.3) is 6.08 Å². The quantitative estimate of drug-likeness (QED) is 0.376. The molecule has 0 amide bonds. The third kappa shape index (κ3) is 4.97. The molecule has 2 rings (SSSR count). The zero-order valence-corrected chi connectivity index (χ0v) is 15.2. The van der Waals surface area contributed by atoms with Gasteiger partial charge in [-0.3, -0.25) is 0 Å². The number of aryl methyl sites for hydroxylation is 1. The topological polar surface area (TPSA) is 88.3 Å². The van der Waals surface area contributed by atoms with Crippen LogP contribution < -0.4 is 9.84 Å². The maximum atomic E-state index is 11.4. The highest BCUT2D eigenvalue weighted by Crippen LogP contribution is 2.31. The molecule has 0 saturated heterocycles. The Morgan fingerprint density at radius 2 is 2.29 bits per heavy atom. The van der Waals surface area contributed by atoms with Crippen LogP contribution in [0.1, 0.15) is 18.4 Å². The Bertz CT molecular complexity index is 773. The average Bonchev–Trinajstić information content (AvgIpc) is 3.01. The van der Waals surface area contributed by atoms with E-state index in [9.17, 15) is 9.90 Å². The average molecular weight is 410 g/mol. The Balaban J connectivity index is 2.34. The van der Waals surface area contributed by atoms with Gasteiger partial charge in [-0.15, -0.1) is 10.2 Å². The molecule has 0 saturated carbocycles. The Labute approximate surface area is 151 Å². The fourth-order valence-electron chi connectivity index (χ4n) is 1.70. The van der Waals surface area contributed by atoms with E-state index < -0.39 is 5.97 Å². The van der Waals surface area contributed by atoms with Crippen molar-refractivity contribution in [2.75, 3.05) is 6.61 Å². The fraction of sp³-hybridized carbons (Fsp3) is 0.188. The molecule has 0 aliphatic heterocycles. The van der Waals surface area contributed by atoms with E-state index in [1.807, 2.05) is 6.92 Å². The molecule has 126 valence electrons. The van der Waals surface area contributed by atoms with Crippen LogP contribution >= 0.6 is 27.7 Å². The monoisotopic (exact) mass is 409 g/mol. The number of nitrogens with zero attached hydrogens (tertiary/aromatic N) is 2. The Morgan fingerprint density at radius 3 is 2.92 bits per heavy atom. The van der Waals surface area contributed by atoms with Crippen LogP contribution in [-0.2, 0) is 11.2 Å². The zero-order chi connectivity index (χ0) is 17.5. The van der Waals surface area contributed by atoms with Crippen LogP contribution in [0.2, 0.25) is 0 Å².